The first kappa shape index (κ1) is 18.2. The van der Waals surface area contributed by atoms with Crippen LogP contribution >= 0.6 is 0 Å². The van der Waals surface area contributed by atoms with Crippen molar-refractivity contribution < 1.29 is 14.3 Å². The molecular weight excluding hydrogens is 300 g/mol. The fraction of sp³-hybridized carbons (Fsp3) is 0.381. The Bertz CT molecular complexity index is 595. The second-order valence-corrected chi connectivity index (χ2v) is 5.79. The van der Waals surface area contributed by atoms with E-state index in [0.717, 1.165) is 17.5 Å². The molecule has 0 aromatic heterocycles. The van der Waals surface area contributed by atoms with Gasteiger partial charge in [0.1, 0.15) is 0 Å². The Morgan fingerprint density at radius 1 is 0.958 bits per heavy atom. The van der Waals surface area contributed by atoms with Gasteiger partial charge in [0.15, 0.2) is 0 Å². The molecule has 0 aliphatic rings. The van der Waals surface area contributed by atoms with E-state index in [9.17, 15) is 4.79 Å². The van der Waals surface area contributed by atoms with Gasteiger partial charge in [-0.2, -0.15) is 0 Å². The first-order valence-electron chi connectivity index (χ1n) is 8.61. The van der Waals surface area contributed by atoms with Crippen molar-refractivity contribution in [1.29, 1.82) is 0 Å². The fourth-order valence-electron chi connectivity index (χ4n) is 2.69. The van der Waals surface area contributed by atoms with E-state index in [1.54, 1.807) is 0 Å². The Hall–Kier alpha value is -2.13. The molecule has 0 saturated heterocycles. The lowest BCUT2D eigenvalue weighted by atomic mass is 9.94. The molecule has 0 amide bonds. The van der Waals surface area contributed by atoms with Crippen LogP contribution in [-0.2, 0) is 20.9 Å². The molecular formula is C21H26O3. The van der Waals surface area contributed by atoms with Gasteiger partial charge in [-0.15, -0.1) is 0 Å². The predicted molar refractivity (Wildman–Crippen MR) is 95.4 cm³/mol. The van der Waals surface area contributed by atoms with Crippen LogP contribution in [0.2, 0.25) is 0 Å². The molecule has 0 aliphatic carbocycles. The van der Waals surface area contributed by atoms with Crippen LogP contribution in [0.15, 0.2) is 60.7 Å². The quantitative estimate of drug-likeness (QED) is 0.613. The topological polar surface area (TPSA) is 35.5 Å². The van der Waals surface area contributed by atoms with E-state index in [1.165, 1.54) is 0 Å². The molecule has 0 aliphatic heterocycles. The van der Waals surface area contributed by atoms with E-state index in [-0.39, 0.29) is 18.0 Å². The highest BCUT2D eigenvalue weighted by atomic mass is 16.5. The summed E-state index contributed by atoms with van der Waals surface area (Å²) in [6.07, 6.45) is 1.25. The molecule has 2 aromatic rings. The molecule has 2 atom stereocenters. The van der Waals surface area contributed by atoms with Gasteiger partial charge in [0.2, 0.25) is 0 Å². The third-order valence-corrected chi connectivity index (χ3v) is 4.08. The summed E-state index contributed by atoms with van der Waals surface area (Å²) in [7, 11) is 0. The number of carbonyl (C=O) groups excluding carboxylic acids is 1. The molecule has 0 unspecified atom stereocenters. The molecule has 3 nitrogen and oxygen atoms in total. The highest BCUT2D eigenvalue weighted by Gasteiger charge is 2.24. The minimum absolute atomic E-state index is 0.124. The lowest BCUT2D eigenvalue weighted by molar-refractivity contribution is -0.149. The molecule has 0 fully saturated rings. The summed E-state index contributed by atoms with van der Waals surface area (Å²) in [5, 5.41) is 0. The second kappa shape index (κ2) is 9.89. The first-order valence-corrected chi connectivity index (χ1v) is 8.61. The molecule has 24 heavy (non-hydrogen) atoms. The maximum absolute atomic E-state index is 12.1. The summed E-state index contributed by atoms with van der Waals surface area (Å²) in [4.78, 5) is 12.1. The van der Waals surface area contributed by atoms with E-state index in [4.69, 9.17) is 9.47 Å². The Morgan fingerprint density at radius 2 is 1.58 bits per heavy atom. The van der Waals surface area contributed by atoms with Crippen molar-refractivity contribution in [3.8, 4) is 0 Å². The standard InChI is InChI=1S/C21H26O3/c1-3-18(21(22)23-4-2)15-20(19-13-9-6-10-14-19)24-16-17-11-7-5-8-12-17/h5-14,18,20H,3-4,15-16H2,1-2H3/t18-,20-/m0/s1. The zero-order valence-corrected chi connectivity index (χ0v) is 14.5. The zero-order valence-electron chi connectivity index (χ0n) is 14.5. The fourth-order valence-corrected chi connectivity index (χ4v) is 2.69. The summed E-state index contributed by atoms with van der Waals surface area (Å²) in [5.74, 6) is -0.282. The molecule has 2 rings (SSSR count). The van der Waals surface area contributed by atoms with Gasteiger partial charge >= 0.3 is 5.97 Å². The van der Waals surface area contributed by atoms with Crippen LogP contribution in [0.3, 0.4) is 0 Å². The summed E-state index contributed by atoms with van der Waals surface area (Å²) in [6.45, 7) is 4.79. The van der Waals surface area contributed by atoms with Crippen LogP contribution in [0.25, 0.3) is 0 Å². The summed E-state index contributed by atoms with van der Waals surface area (Å²) in [6, 6.07) is 20.2. The lowest BCUT2D eigenvalue weighted by Gasteiger charge is -2.23. The van der Waals surface area contributed by atoms with Crippen molar-refractivity contribution in [2.75, 3.05) is 6.61 Å². The molecule has 0 bridgehead atoms. The molecule has 3 heteroatoms. The minimum atomic E-state index is -0.147. The van der Waals surface area contributed by atoms with Gasteiger partial charge < -0.3 is 9.47 Å². The normalized spacial score (nSPS) is 13.2. The zero-order chi connectivity index (χ0) is 17.2. The number of esters is 1. The molecule has 0 heterocycles. The number of hydrogen-bond donors (Lipinski definition) is 0. The van der Waals surface area contributed by atoms with Crippen LogP contribution in [-0.4, -0.2) is 12.6 Å². The van der Waals surface area contributed by atoms with Crippen molar-refractivity contribution in [3.05, 3.63) is 71.8 Å². The summed E-state index contributed by atoms with van der Waals surface area (Å²) >= 11 is 0. The van der Waals surface area contributed by atoms with E-state index in [2.05, 4.69) is 0 Å². The predicted octanol–water partition coefficient (Wildman–Crippen LogP) is 4.92. The average molecular weight is 326 g/mol. The maximum atomic E-state index is 12.1. The van der Waals surface area contributed by atoms with Gasteiger partial charge in [0, 0.05) is 0 Å². The SMILES string of the molecule is CCOC(=O)[C@@H](CC)C[C@H](OCc1ccccc1)c1ccccc1. The van der Waals surface area contributed by atoms with Crippen LogP contribution in [0.5, 0.6) is 0 Å². The van der Waals surface area contributed by atoms with Crippen LogP contribution in [0.4, 0.5) is 0 Å². The van der Waals surface area contributed by atoms with E-state index < -0.39 is 0 Å². The van der Waals surface area contributed by atoms with Gasteiger partial charge in [0.25, 0.3) is 0 Å². The Balaban J connectivity index is 2.09. The third-order valence-electron chi connectivity index (χ3n) is 4.08. The van der Waals surface area contributed by atoms with Crippen LogP contribution in [0, 0.1) is 5.92 Å². The number of carbonyl (C=O) groups is 1. The first-order chi connectivity index (χ1) is 11.7. The monoisotopic (exact) mass is 326 g/mol. The second-order valence-electron chi connectivity index (χ2n) is 5.79. The van der Waals surface area contributed by atoms with Gasteiger partial charge in [-0.25, -0.2) is 0 Å². The number of hydrogen-bond acceptors (Lipinski definition) is 3. The number of benzene rings is 2. The number of rotatable bonds is 9. The van der Waals surface area contributed by atoms with Gasteiger partial charge in [-0.05, 0) is 30.9 Å². The van der Waals surface area contributed by atoms with Crippen molar-refractivity contribution in [2.45, 2.75) is 39.4 Å². The minimum Gasteiger partial charge on any atom is -0.466 e. The third kappa shape index (κ3) is 5.50. The van der Waals surface area contributed by atoms with Gasteiger partial charge in [0.05, 0.1) is 25.2 Å². The van der Waals surface area contributed by atoms with E-state index in [1.807, 2.05) is 74.5 Å². The van der Waals surface area contributed by atoms with Crippen molar-refractivity contribution >= 4 is 5.97 Å². The largest absolute Gasteiger partial charge is 0.466 e. The van der Waals surface area contributed by atoms with Crippen LogP contribution in [0.1, 0.15) is 43.9 Å². The average Bonchev–Trinajstić information content (AvgIpc) is 2.63. The highest BCUT2D eigenvalue weighted by molar-refractivity contribution is 5.72. The lowest BCUT2D eigenvalue weighted by Crippen LogP contribution is -2.21. The summed E-state index contributed by atoms with van der Waals surface area (Å²) in [5.41, 5.74) is 2.22. The van der Waals surface area contributed by atoms with Crippen molar-refractivity contribution in [3.63, 3.8) is 0 Å². The Kier molecular flexibility index (Phi) is 7.50. The molecule has 0 radical (unpaired) electrons. The highest BCUT2D eigenvalue weighted by Crippen LogP contribution is 2.28. The van der Waals surface area contributed by atoms with Gasteiger partial charge in [-0.1, -0.05) is 67.6 Å². The molecule has 2 aromatic carbocycles. The van der Waals surface area contributed by atoms with E-state index >= 15 is 0 Å². The molecule has 0 N–H and O–H groups in total. The smallest absolute Gasteiger partial charge is 0.309 e. The molecule has 0 saturated carbocycles. The Labute approximate surface area is 144 Å². The number of ether oxygens (including phenoxy) is 2. The molecule has 0 spiro atoms. The van der Waals surface area contributed by atoms with Crippen molar-refractivity contribution in [2.24, 2.45) is 5.92 Å². The molecule has 128 valence electrons. The van der Waals surface area contributed by atoms with E-state index in [0.29, 0.717) is 19.6 Å². The Morgan fingerprint density at radius 3 is 2.17 bits per heavy atom. The van der Waals surface area contributed by atoms with Crippen LogP contribution < -0.4 is 0 Å². The van der Waals surface area contributed by atoms with Gasteiger partial charge in [-0.3, -0.25) is 4.79 Å². The van der Waals surface area contributed by atoms with Crippen molar-refractivity contribution in [1.82, 2.24) is 0 Å². The maximum Gasteiger partial charge on any atom is 0.309 e. The summed E-state index contributed by atoms with van der Waals surface area (Å²) < 4.78 is 11.4.